The molecule has 4 heteroatoms. The maximum absolute atomic E-state index is 14.0. The minimum Gasteiger partial charge on any atom is -0.304 e. The molecule has 3 nitrogen and oxygen atoms in total. The van der Waals surface area contributed by atoms with E-state index in [1.807, 2.05) is 86.2 Å². The van der Waals surface area contributed by atoms with Gasteiger partial charge in [-0.15, -0.1) is 5.73 Å². The maximum atomic E-state index is 14.0. The standard InChI is InChI=1S/C21H24NO2P/c1-16(2)15-20(18-11-7-5-8-12-18)25(23)22(4)17(3)21(24-25)19-13-9-6-10-14-19/h5-14,17,21H,1-4H3. The Morgan fingerprint density at radius 1 is 1.04 bits per heavy atom. The normalized spacial score (nSPS) is 26.2. The molecule has 0 radical (unpaired) electrons. The van der Waals surface area contributed by atoms with Gasteiger partial charge in [0.1, 0.15) is 11.4 Å². The van der Waals surface area contributed by atoms with Gasteiger partial charge in [0.25, 0.3) is 0 Å². The van der Waals surface area contributed by atoms with Crippen molar-refractivity contribution in [2.45, 2.75) is 32.9 Å². The summed E-state index contributed by atoms with van der Waals surface area (Å²) in [6.45, 7) is 5.98. The lowest BCUT2D eigenvalue weighted by molar-refractivity contribution is 0.212. The minimum absolute atomic E-state index is 0.00547. The molecule has 0 N–H and O–H groups in total. The van der Waals surface area contributed by atoms with E-state index in [1.165, 1.54) is 0 Å². The van der Waals surface area contributed by atoms with E-state index in [2.05, 4.69) is 12.7 Å². The zero-order chi connectivity index (χ0) is 18.0. The zero-order valence-corrected chi connectivity index (χ0v) is 16.0. The van der Waals surface area contributed by atoms with Crippen molar-refractivity contribution in [3.05, 3.63) is 83.1 Å². The van der Waals surface area contributed by atoms with Gasteiger partial charge in [-0.25, -0.2) is 4.67 Å². The summed E-state index contributed by atoms with van der Waals surface area (Å²) in [5, 5.41) is 0.640. The number of allylic oxidation sites excluding steroid dienone is 1. The average Bonchev–Trinajstić information content (AvgIpc) is 2.86. The summed E-state index contributed by atoms with van der Waals surface area (Å²) in [6.07, 6.45) is -0.227. The van der Waals surface area contributed by atoms with Crippen LogP contribution in [-0.4, -0.2) is 17.8 Å². The molecule has 0 bridgehead atoms. The van der Waals surface area contributed by atoms with Crippen molar-refractivity contribution in [3.8, 4) is 0 Å². The highest BCUT2D eigenvalue weighted by molar-refractivity contribution is 7.67. The van der Waals surface area contributed by atoms with Crippen molar-refractivity contribution in [1.29, 1.82) is 0 Å². The maximum Gasteiger partial charge on any atom is 0.311 e. The third-order valence-corrected chi connectivity index (χ3v) is 7.17. The van der Waals surface area contributed by atoms with E-state index in [1.54, 1.807) is 0 Å². The minimum atomic E-state index is -3.21. The van der Waals surface area contributed by atoms with Crippen LogP contribution in [0.4, 0.5) is 0 Å². The van der Waals surface area contributed by atoms with E-state index in [-0.39, 0.29) is 12.1 Å². The molecular formula is C21H24NO2P. The highest BCUT2D eigenvalue weighted by Gasteiger charge is 2.49. The topological polar surface area (TPSA) is 29.5 Å². The van der Waals surface area contributed by atoms with Crippen LogP contribution in [0.3, 0.4) is 0 Å². The Kier molecular flexibility index (Phi) is 5.13. The highest BCUT2D eigenvalue weighted by atomic mass is 31.2. The van der Waals surface area contributed by atoms with Crippen LogP contribution in [0.15, 0.2) is 72.0 Å². The number of hydrogen-bond donors (Lipinski definition) is 0. The van der Waals surface area contributed by atoms with Crippen molar-refractivity contribution in [2.24, 2.45) is 0 Å². The third-order valence-electron chi connectivity index (χ3n) is 4.53. The number of benzene rings is 2. The second-order valence-electron chi connectivity index (χ2n) is 6.61. The fraction of sp³-hybridized carbons (Fsp3) is 0.286. The molecule has 3 rings (SSSR count). The van der Waals surface area contributed by atoms with E-state index in [4.69, 9.17) is 4.52 Å². The molecule has 1 aliphatic heterocycles. The van der Waals surface area contributed by atoms with Gasteiger partial charge in [-0.2, -0.15) is 0 Å². The molecule has 1 aliphatic rings. The fourth-order valence-electron chi connectivity index (χ4n) is 3.08. The summed E-state index contributed by atoms with van der Waals surface area (Å²) in [5.41, 5.74) is 6.21. The van der Waals surface area contributed by atoms with Crippen LogP contribution in [0.1, 0.15) is 38.0 Å². The first-order chi connectivity index (χ1) is 11.9. The molecule has 1 heterocycles. The Balaban J connectivity index is 2.11. The van der Waals surface area contributed by atoms with Crippen molar-refractivity contribution in [3.63, 3.8) is 0 Å². The molecule has 0 spiro atoms. The Morgan fingerprint density at radius 3 is 2.16 bits per heavy atom. The summed E-state index contributed by atoms with van der Waals surface area (Å²) < 4.78 is 22.1. The lowest BCUT2D eigenvalue weighted by Crippen LogP contribution is -2.23. The molecule has 3 atom stereocenters. The molecule has 0 aromatic heterocycles. The molecular weight excluding hydrogens is 329 g/mol. The largest absolute Gasteiger partial charge is 0.311 e. The number of rotatable bonds is 3. The summed E-state index contributed by atoms with van der Waals surface area (Å²) in [6, 6.07) is 19.8. The van der Waals surface area contributed by atoms with E-state index in [9.17, 15) is 4.57 Å². The second-order valence-corrected chi connectivity index (χ2v) is 8.94. The van der Waals surface area contributed by atoms with E-state index >= 15 is 0 Å². The van der Waals surface area contributed by atoms with Gasteiger partial charge < -0.3 is 4.52 Å². The van der Waals surface area contributed by atoms with E-state index in [0.717, 1.165) is 16.7 Å². The van der Waals surface area contributed by atoms with Gasteiger partial charge in [0.15, 0.2) is 0 Å². The molecule has 2 aromatic rings. The first-order valence-corrected chi connectivity index (χ1v) is 10.1. The third kappa shape index (κ3) is 3.42. The Hall–Kier alpha value is -1.89. The van der Waals surface area contributed by atoms with Crippen LogP contribution in [0.5, 0.6) is 0 Å². The van der Waals surface area contributed by atoms with Gasteiger partial charge in [-0.05, 0) is 44.5 Å². The van der Waals surface area contributed by atoms with Crippen LogP contribution in [0.2, 0.25) is 0 Å². The highest BCUT2D eigenvalue weighted by Crippen LogP contribution is 2.69. The average molecular weight is 353 g/mol. The predicted octanol–water partition coefficient (Wildman–Crippen LogP) is 5.88. The zero-order valence-electron chi connectivity index (χ0n) is 15.1. The van der Waals surface area contributed by atoms with Crippen LogP contribution >= 0.6 is 7.52 Å². The van der Waals surface area contributed by atoms with Crippen molar-refractivity contribution in [2.75, 3.05) is 7.05 Å². The van der Waals surface area contributed by atoms with Gasteiger partial charge >= 0.3 is 7.52 Å². The van der Waals surface area contributed by atoms with Gasteiger partial charge in [0.2, 0.25) is 0 Å². The van der Waals surface area contributed by atoms with E-state index in [0.29, 0.717) is 5.31 Å². The molecule has 1 saturated heterocycles. The number of hydrogen-bond acceptors (Lipinski definition) is 2. The van der Waals surface area contributed by atoms with Crippen molar-refractivity contribution >= 4 is 12.8 Å². The summed E-state index contributed by atoms with van der Waals surface area (Å²) in [5.74, 6) is 0. The summed E-state index contributed by atoms with van der Waals surface area (Å²) in [7, 11) is -1.33. The molecule has 0 saturated carbocycles. The number of likely N-dealkylation sites (N-methyl/N-ethyl adjacent to an activating group) is 1. The first kappa shape index (κ1) is 17.9. The van der Waals surface area contributed by atoms with Crippen molar-refractivity contribution < 1.29 is 9.09 Å². The van der Waals surface area contributed by atoms with Gasteiger partial charge in [0, 0.05) is 6.04 Å². The second kappa shape index (κ2) is 7.15. The lowest BCUT2D eigenvalue weighted by Gasteiger charge is -2.22. The van der Waals surface area contributed by atoms with Crippen LogP contribution in [-0.2, 0) is 9.09 Å². The quantitative estimate of drug-likeness (QED) is 0.510. The Bertz CT molecular complexity index is 850. The summed E-state index contributed by atoms with van der Waals surface area (Å²) in [4.78, 5) is 0. The molecule has 2 aromatic carbocycles. The number of nitrogens with zero attached hydrogens (tertiary/aromatic N) is 1. The molecule has 25 heavy (non-hydrogen) atoms. The lowest BCUT2D eigenvalue weighted by atomic mass is 10.0. The van der Waals surface area contributed by atoms with Crippen LogP contribution < -0.4 is 0 Å². The molecule has 1 fully saturated rings. The first-order valence-electron chi connectivity index (χ1n) is 8.50. The summed E-state index contributed by atoms with van der Waals surface area (Å²) >= 11 is 0. The predicted molar refractivity (Wildman–Crippen MR) is 103 cm³/mol. The molecule has 3 unspecified atom stereocenters. The molecule has 130 valence electrons. The van der Waals surface area contributed by atoms with Gasteiger partial charge in [-0.1, -0.05) is 60.7 Å². The van der Waals surface area contributed by atoms with E-state index < -0.39 is 7.52 Å². The molecule has 0 aliphatic carbocycles. The SMILES string of the molecule is CC(C)=C=C(c1ccccc1)P1(=O)OC(c2ccccc2)C(C)N1C. The van der Waals surface area contributed by atoms with Gasteiger partial charge in [0.05, 0.1) is 0 Å². The van der Waals surface area contributed by atoms with Crippen molar-refractivity contribution in [1.82, 2.24) is 4.67 Å². The Morgan fingerprint density at radius 2 is 1.60 bits per heavy atom. The van der Waals surface area contributed by atoms with Gasteiger partial charge in [-0.3, -0.25) is 4.57 Å². The fourth-order valence-corrected chi connectivity index (χ4v) is 5.70. The van der Waals surface area contributed by atoms with Crippen LogP contribution in [0, 0.1) is 0 Å². The monoisotopic (exact) mass is 353 g/mol. The Labute approximate surface area is 150 Å². The smallest absolute Gasteiger partial charge is 0.304 e. The van der Waals surface area contributed by atoms with Crippen LogP contribution in [0.25, 0.3) is 5.31 Å². The molecule has 0 amide bonds.